The number of hydrogen-bond acceptors (Lipinski definition) is 3. The first-order valence-electron chi connectivity index (χ1n) is 5.60. The highest BCUT2D eigenvalue weighted by Crippen LogP contribution is 2.10. The summed E-state index contributed by atoms with van der Waals surface area (Å²) in [5.41, 5.74) is 0.692. The SMILES string of the molecule is O=C(Nc1ccc(F)cc1)c1ccccc1B(O)O. The highest BCUT2D eigenvalue weighted by Gasteiger charge is 2.19. The van der Waals surface area contributed by atoms with Crippen LogP contribution < -0.4 is 10.8 Å². The smallest absolute Gasteiger partial charge is 0.423 e. The molecule has 0 aliphatic heterocycles. The third-order valence-corrected chi connectivity index (χ3v) is 2.59. The van der Waals surface area contributed by atoms with E-state index < -0.39 is 18.8 Å². The van der Waals surface area contributed by atoms with E-state index >= 15 is 0 Å². The van der Waals surface area contributed by atoms with Gasteiger partial charge in [-0.05, 0) is 35.8 Å². The number of amides is 1. The Bertz CT molecular complexity index is 587. The average Bonchev–Trinajstić information content (AvgIpc) is 2.41. The second-order valence-electron chi connectivity index (χ2n) is 3.92. The Morgan fingerprint density at radius 3 is 2.32 bits per heavy atom. The Morgan fingerprint density at radius 1 is 1.05 bits per heavy atom. The molecular formula is C13H11BFNO3. The topological polar surface area (TPSA) is 69.6 Å². The molecule has 0 aromatic heterocycles. The second-order valence-corrected chi connectivity index (χ2v) is 3.92. The molecule has 0 bridgehead atoms. The van der Waals surface area contributed by atoms with Gasteiger partial charge in [-0.1, -0.05) is 18.2 Å². The second kappa shape index (κ2) is 5.64. The van der Waals surface area contributed by atoms with Crippen molar-refractivity contribution in [3.05, 3.63) is 59.9 Å². The lowest BCUT2D eigenvalue weighted by Crippen LogP contribution is -2.36. The Hall–Kier alpha value is -2.18. The van der Waals surface area contributed by atoms with E-state index in [1.54, 1.807) is 12.1 Å². The van der Waals surface area contributed by atoms with Crippen LogP contribution in [0.2, 0.25) is 0 Å². The van der Waals surface area contributed by atoms with Crippen LogP contribution in [0.1, 0.15) is 10.4 Å². The van der Waals surface area contributed by atoms with Gasteiger partial charge in [0.1, 0.15) is 5.82 Å². The summed E-state index contributed by atoms with van der Waals surface area (Å²) < 4.78 is 12.7. The molecule has 2 aromatic carbocycles. The third kappa shape index (κ3) is 3.18. The number of halogens is 1. The van der Waals surface area contributed by atoms with Crippen molar-refractivity contribution in [3.63, 3.8) is 0 Å². The molecule has 0 heterocycles. The summed E-state index contributed by atoms with van der Waals surface area (Å²) >= 11 is 0. The quantitative estimate of drug-likeness (QED) is 0.712. The summed E-state index contributed by atoms with van der Waals surface area (Å²) in [5, 5.41) is 20.9. The molecule has 19 heavy (non-hydrogen) atoms. The van der Waals surface area contributed by atoms with E-state index in [0.29, 0.717) is 5.69 Å². The summed E-state index contributed by atoms with van der Waals surface area (Å²) in [6.07, 6.45) is 0. The Kier molecular flexibility index (Phi) is 3.94. The largest absolute Gasteiger partial charge is 0.489 e. The van der Waals surface area contributed by atoms with Crippen molar-refractivity contribution >= 4 is 24.2 Å². The van der Waals surface area contributed by atoms with Crippen molar-refractivity contribution in [1.29, 1.82) is 0 Å². The molecule has 1 amide bonds. The van der Waals surface area contributed by atoms with E-state index in [-0.39, 0.29) is 11.0 Å². The standard InChI is InChI=1S/C13H11BFNO3/c15-9-5-7-10(8-6-9)16-13(17)11-3-1-2-4-12(11)14(18)19/h1-8,18-19H,(H,16,17). The number of rotatable bonds is 3. The zero-order valence-corrected chi connectivity index (χ0v) is 9.88. The van der Waals surface area contributed by atoms with Gasteiger partial charge in [0.15, 0.2) is 0 Å². The van der Waals surface area contributed by atoms with Crippen molar-refractivity contribution in [1.82, 2.24) is 0 Å². The normalized spacial score (nSPS) is 10.1. The monoisotopic (exact) mass is 259 g/mol. The Balaban J connectivity index is 2.23. The first-order chi connectivity index (χ1) is 9.08. The highest BCUT2D eigenvalue weighted by molar-refractivity contribution is 6.60. The van der Waals surface area contributed by atoms with Crippen LogP contribution in [0.15, 0.2) is 48.5 Å². The van der Waals surface area contributed by atoms with Crippen molar-refractivity contribution in [2.75, 3.05) is 5.32 Å². The molecule has 0 saturated heterocycles. The molecule has 96 valence electrons. The maximum absolute atomic E-state index is 12.7. The maximum Gasteiger partial charge on any atom is 0.489 e. The summed E-state index contributed by atoms with van der Waals surface area (Å²) in [6, 6.07) is 11.4. The molecule has 6 heteroatoms. The summed E-state index contributed by atoms with van der Waals surface area (Å²) in [4.78, 5) is 12.0. The number of benzene rings is 2. The molecule has 0 radical (unpaired) electrons. The van der Waals surface area contributed by atoms with E-state index in [2.05, 4.69) is 5.32 Å². The van der Waals surface area contributed by atoms with E-state index in [0.717, 1.165) is 0 Å². The van der Waals surface area contributed by atoms with Crippen molar-refractivity contribution in [2.45, 2.75) is 0 Å². The zero-order valence-electron chi connectivity index (χ0n) is 9.88. The maximum atomic E-state index is 12.7. The third-order valence-electron chi connectivity index (χ3n) is 2.59. The van der Waals surface area contributed by atoms with Gasteiger partial charge in [0.2, 0.25) is 0 Å². The van der Waals surface area contributed by atoms with E-state index in [9.17, 15) is 19.2 Å². The molecule has 0 aliphatic carbocycles. The summed E-state index contributed by atoms with van der Waals surface area (Å²) in [7, 11) is -1.73. The van der Waals surface area contributed by atoms with E-state index in [4.69, 9.17) is 0 Å². The number of anilines is 1. The van der Waals surface area contributed by atoms with Gasteiger partial charge < -0.3 is 15.4 Å². The highest BCUT2D eigenvalue weighted by atomic mass is 19.1. The van der Waals surface area contributed by atoms with Gasteiger partial charge >= 0.3 is 7.12 Å². The zero-order chi connectivity index (χ0) is 13.8. The van der Waals surface area contributed by atoms with Crippen LogP contribution in [-0.2, 0) is 0 Å². The van der Waals surface area contributed by atoms with Crippen LogP contribution in [0.25, 0.3) is 0 Å². The molecule has 0 fully saturated rings. The van der Waals surface area contributed by atoms with E-state index in [1.807, 2.05) is 0 Å². The first kappa shape index (κ1) is 13.3. The Morgan fingerprint density at radius 2 is 1.68 bits per heavy atom. The molecule has 2 aromatic rings. The Labute approximate surface area is 109 Å². The predicted molar refractivity (Wildman–Crippen MR) is 70.6 cm³/mol. The van der Waals surface area contributed by atoms with Crippen LogP contribution in [0.5, 0.6) is 0 Å². The predicted octanol–water partition coefficient (Wildman–Crippen LogP) is 0.758. The lowest BCUT2D eigenvalue weighted by molar-refractivity contribution is 0.102. The lowest BCUT2D eigenvalue weighted by Gasteiger charge is -2.09. The molecule has 0 aliphatic rings. The van der Waals surface area contributed by atoms with E-state index in [1.165, 1.54) is 36.4 Å². The molecule has 2 rings (SSSR count). The van der Waals surface area contributed by atoms with Crippen LogP contribution in [-0.4, -0.2) is 23.1 Å². The van der Waals surface area contributed by atoms with Crippen molar-refractivity contribution in [2.24, 2.45) is 0 Å². The fraction of sp³-hybridized carbons (Fsp3) is 0. The minimum atomic E-state index is -1.73. The molecule has 0 unspecified atom stereocenters. The minimum Gasteiger partial charge on any atom is -0.423 e. The van der Waals surface area contributed by atoms with Gasteiger partial charge in [-0.2, -0.15) is 0 Å². The number of carbonyl (C=O) groups excluding carboxylic acids is 1. The van der Waals surface area contributed by atoms with Gasteiger partial charge in [-0.3, -0.25) is 4.79 Å². The van der Waals surface area contributed by atoms with Gasteiger partial charge in [-0.15, -0.1) is 0 Å². The fourth-order valence-corrected chi connectivity index (χ4v) is 1.66. The van der Waals surface area contributed by atoms with Crippen LogP contribution >= 0.6 is 0 Å². The molecule has 0 spiro atoms. The van der Waals surface area contributed by atoms with Gasteiger partial charge in [0, 0.05) is 11.3 Å². The van der Waals surface area contributed by atoms with Crippen LogP contribution in [0.4, 0.5) is 10.1 Å². The molecule has 4 nitrogen and oxygen atoms in total. The number of hydrogen-bond donors (Lipinski definition) is 3. The average molecular weight is 259 g/mol. The summed E-state index contributed by atoms with van der Waals surface area (Å²) in [5.74, 6) is -0.889. The van der Waals surface area contributed by atoms with Gasteiger partial charge in [0.25, 0.3) is 5.91 Å². The molecular weight excluding hydrogens is 248 g/mol. The van der Waals surface area contributed by atoms with Crippen molar-refractivity contribution < 1.29 is 19.2 Å². The lowest BCUT2D eigenvalue weighted by atomic mass is 9.77. The van der Waals surface area contributed by atoms with Gasteiger partial charge in [0.05, 0.1) is 0 Å². The van der Waals surface area contributed by atoms with Crippen LogP contribution in [0, 0.1) is 5.82 Å². The molecule has 3 N–H and O–H groups in total. The molecule has 0 saturated carbocycles. The van der Waals surface area contributed by atoms with Crippen LogP contribution in [0.3, 0.4) is 0 Å². The number of carbonyl (C=O) groups is 1. The fourth-order valence-electron chi connectivity index (χ4n) is 1.66. The first-order valence-corrected chi connectivity index (χ1v) is 5.60. The summed E-state index contributed by atoms with van der Waals surface area (Å²) in [6.45, 7) is 0. The van der Waals surface area contributed by atoms with Crippen molar-refractivity contribution in [3.8, 4) is 0 Å². The molecule has 0 atom stereocenters. The van der Waals surface area contributed by atoms with Gasteiger partial charge in [-0.25, -0.2) is 4.39 Å². The number of nitrogens with one attached hydrogen (secondary N) is 1. The minimum absolute atomic E-state index is 0.113.